The Labute approximate surface area is 137 Å². The maximum atomic E-state index is 12.7. The van der Waals surface area contributed by atoms with Crippen LogP contribution in [0.5, 0.6) is 0 Å². The molecule has 0 spiro atoms. The van der Waals surface area contributed by atoms with Crippen molar-refractivity contribution in [3.8, 4) is 0 Å². The van der Waals surface area contributed by atoms with Crippen LogP contribution in [0.3, 0.4) is 0 Å². The van der Waals surface area contributed by atoms with Gasteiger partial charge in [0.1, 0.15) is 12.7 Å². The summed E-state index contributed by atoms with van der Waals surface area (Å²) in [4.78, 5) is 18.1. The Kier molecular flexibility index (Phi) is 4.55. The smallest absolute Gasteiger partial charge is 0.339 e. The van der Waals surface area contributed by atoms with E-state index in [2.05, 4.69) is 10.1 Å². The number of carbonyl (C=O) groups excluding carboxylic acids is 1. The van der Waals surface area contributed by atoms with Gasteiger partial charge in [0.25, 0.3) is 5.91 Å². The molecule has 128 valence electrons. The molecule has 24 heavy (non-hydrogen) atoms. The zero-order valence-corrected chi connectivity index (χ0v) is 12.9. The molecule has 0 N–H and O–H groups in total. The van der Waals surface area contributed by atoms with Crippen LogP contribution in [0.25, 0.3) is 0 Å². The highest BCUT2D eigenvalue weighted by Gasteiger charge is 2.41. The van der Waals surface area contributed by atoms with Gasteiger partial charge in [0, 0.05) is 18.7 Å². The number of nitrogens with zero attached hydrogens (tertiary/aromatic N) is 4. The summed E-state index contributed by atoms with van der Waals surface area (Å²) in [7, 11) is 0. The summed E-state index contributed by atoms with van der Waals surface area (Å²) in [6.07, 6.45) is -1.30. The van der Waals surface area contributed by atoms with Gasteiger partial charge in [-0.3, -0.25) is 4.79 Å². The third-order valence-corrected chi connectivity index (χ3v) is 4.29. The molecule has 0 unspecified atom stereocenters. The van der Waals surface area contributed by atoms with Crippen LogP contribution in [0.2, 0.25) is 0 Å². The van der Waals surface area contributed by atoms with Crippen LogP contribution >= 0.6 is 0 Å². The lowest BCUT2D eigenvalue weighted by Gasteiger charge is -2.33. The summed E-state index contributed by atoms with van der Waals surface area (Å²) < 4.78 is 39.8. The molecule has 8 heteroatoms. The van der Waals surface area contributed by atoms with Crippen LogP contribution in [-0.4, -0.2) is 44.8 Å². The molecule has 1 saturated heterocycles. The fraction of sp³-hybridized carbons (Fsp3) is 0.438. The third kappa shape index (κ3) is 3.58. The number of likely N-dealkylation sites (tertiary alicyclic amines) is 1. The second-order valence-corrected chi connectivity index (χ2v) is 5.86. The van der Waals surface area contributed by atoms with E-state index in [9.17, 15) is 18.0 Å². The van der Waals surface area contributed by atoms with Gasteiger partial charge in [0.15, 0.2) is 0 Å². The van der Waals surface area contributed by atoms with Crippen molar-refractivity contribution in [2.24, 2.45) is 5.92 Å². The number of hydrogen-bond donors (Lipinski definition) is 0. The Morgan fingerprint density at radius 3 is 2.54 bits per heavy atom. The molecule has 1 aromatic heterocycles. The van der Waals surface area contributed by atoms with Crippen LogP contribution in [0, 0.1) is 5.92 Å². The van der Waals surface area contributed by atoms with E-state index in [-0.39, 0.29) is 31.8 Å². The lowest BCUT2D eigenvalue weighted by molar-refractivity contribution is -0.183. The first-order valence-corrected chi connectivity index (χ1v) is 7.71. The first kappa shape index (κ1) is 16.5. The first-order valence-electron chi connectivity index (χ1n) is 7.71. The normalized spacial score (nSPS) is 16.4. The van der Waals surface area contributed by atoms with Gasteiger partial charge in [-0.05, 0) is 24.5 Å². The Morgan fingerprint density at radius 2 is 1.92 bits per heavy atom. The van der Waals surface area contributed by atoms with Crippen molar-refractivity contribution in [3.63, 3.8) is 0 Å². The van der Waals surface area contributed by atoms with Crippen molar-refractivity contribution in [2.75, 3.05) is 13.1 Å². The van der Waals surface area contributed by atoms with E-state index < -0.39 is 12.1 Å². The molecule has 0 atom stereocenters. The number of benzene rings is 1. The SMILES string of the molecule is O=C(c1ccccc1Cn1cncn1)N1CCC(C(F)(F)F)CC1. The number of aromatic nitrogens is 3. The van der Waals surface area contributed by atoms with E-state index in [1.807, 2.05) is 12.1 Å². The topological polar surface area (TPSA) is 51.0 Å². The Hall–Kier alpha value is -2.38. The van der Waals surface area contributed by atoms with E-state index >= 15 is 0 Å². The highest BCUT2D eigenvalue weighted by molar-refractivity contribution is 5.95. The molecule has 1 aromatic carbocycles. The minimum atomic E-state index is -4.18. The van der Waals surface area contributed by atoms with Gasteiger partial charge in [0.2, 0.25) is 0 Å². The zero-order valence-electron chi connectivity index (χ0n) is 12.9. The standard InChI is InChI=1S/C16H17F3N4O/c17-16(18,19)13-5-7-22(8-6-13)15(24)14-4-2-1-3-12(14)9-23-11-20-10-21-23/h1-4,10-11,13H,5-9H2. The minimum absolute atomic E-state index is 0.0412. The van der Waals surface area contributed by atoms with Crippen molar-refractivity contribution < 1.29 is 18.0 Å². The van der Waals surface area contributed by atoms with Crippen LogP contribution < -0.4 is 0 Å². The maximum absolute atomic E-state index is 12.7. The molecular weight excluding hydrogens is 321 g/mol. The second-order valence-electron chi connectivity index (χ2n) is 5.86. The summed E-state index contributed by atoms with van der Waals surface area (Å²) in [5.74, 6) is -1.54. The molecule has 3 rings (SSSR count). The fourth-order valence-corrected chi connectivity index (χ4v) is 2.94. The summed E-state index contributed by atoms with van der Waals surface area (Å²) in [6, 6.07) is 7.08. The number of amides is 1. The quantitative estimate of drug-likeness (QED) is 0.865. The Morgan fingerprint density at radius 1 is 1.21 bits per heavy atom. The first-order chi connectivity index (χ1) is 11.4. The molecule has 0 aliphatic carbocycles. The highest BCUT2D eigenvalue weighted by Crippen LogP contribution is 2.34. The summed E-state index contributed by atoms with van der Waals surface area (Å²) in [6.45, 7) is 0.641. The molecule has 0 bridgehead atoms. The number of carbonyl (C=O) groups is 1. The Balaban J connectivity index is 1.72. The van der Waals surface area contributed by atoms with Crippen molar-refractivity contribution in [1.82, 2.24) is 19.7 Å². The van der Waals surface area contributed by atoms with Gasteiger partial charge in [-0.25, -0.2) is 9.67 Å². The van der Waals surface area contributed by atoms with Gasteiger partial charge < -0.3 is 4.90 Å². The lowest BCUT2D eigenvalue weighted by atomic mass is 9.95. The second kappa shape index (κ2) is 6.62. The number of hydrogen-bond acceptors (Lipinski definition) is 3. The van der Waals surface area contributed by atoms with Crippen molar-refractivity contribution in [1.29, 1.82) is 0 Å². The van der Waals surface area contributed by atoms with E-state index in [0.717, 1.165) is 5.56 Å². The highest BCUT2D eigenvalue weighted by atomic mass is 19.4. The molecule has 2 heterocycles. The number of halogens is 3. The molecule has 1 aliphatic rings. The fourth-order valence-electron chi connectivity index (χ4n) is 2.94. The zero-order chi connectivity index (χ0) is 17.2. The van der Waals surface area contributed by atoms with E-state index in [1.165, 1.54) is 11.2 Å². The van der Waals surface area contributed by atoms with Crippen molar-refractivity contribution in [2.45, 2.75) is 25.6 Å². The van der Waals surface area contributed by atoms with Gasteiger partial charge in [-0.15, -0.1) is 0 Å². The van der Waals surface area contributed by atoms with Gasteiger partial charge in [0.05, 0.1) is 12.5 Å². The minimum Gasteiger partial charge on any atom is -0.339 e. The average molecular weight is 338 g/mol. The Bertz CT molecular complexity index is 692. The van der Waals surface area contributed by atoms with Gasteiger partial charge in [-0.2, -0.15) is 18.3 Å². The molecular formula is C16H17F3N4O. The van der Waals surface area contributed by atoms with Crippen LogP contribution in [-0.2, 0) is 6.54 Å². The van der Waals surface area contributed by atoms with Crippen molar-refractivity contribution >= 4 is 5.91 Å². The largest absolute Gasteiger partial charge is 0.391 e. The van der Waals surface area contributed by atoms with E-state index in [1.54, 1.807) is 23.1 Å². The molecule has 1 aliphatic heterocycles. The molecule has 5 nitrogen and oxygen atoms in total. The number of piperidine rings is 1. The molecule has 1 amide bonds. The molecule has 2 aromatic rings. The van der Waals surface area contributed by atoms with Crippen LogP contribution in [0.1, 0.15) is 28.8 Å². The molecule has 0 saturated carbocycles. The van der Waals surface area contributed by atoms with Gasteiger partial charge >= 0.3 is 6.18 Å². The number of alkyl halides is 3. The average Bonchev–Trinajstić information content (AvgIpc) is 3.07. The molecule has 1 fully saturated rings. The van der Waals surface area contributed by atoms with Gasteiger partial charge in [-0.1, -0.05) is 18.2 Å². The van der Waals surface area contributed by atoms with Crippen LogP contribution in [0.4, 0.5) is 13.2 Å². The summed E-state index contributed by atoms with van der Waals surface area (Å²) >= 11 is 0. The summed E-state index contributed by atoms with van der Waals surface area (Å²) in [5.41, 5.74) is 1.27. The van der Waals surface area contributed by atoms with E-state index in [4.69, 9.17) is 0 Å². The van der Waals surface area contributed by atoms with Crippen molar-refractivity contribution in [3.05, 3.63) is 48.0 Å². The predicted octanol–water partition coefficient (Wildman–Crippen LogP) is 2.74. The lowest BCUT2D eigenvalue weighted by Crippen LogP contribution is -2.42. The molecule has 0 radical (unpaired) electrons. The van der Waals surface area contributed by atoms with E-state index in [0.29, 0.717) is 12.1 Å². The third-order valence-electron chi connectivity index (χ3n) is 4.29. The predicted molar refractivity (Wildman–Crippen MR) is 80.2 cm³/mol. The van der Waals surface area contributed by atoms with Crippen LogP contribution in [0.15, 0.2) is 36.9 Å². The monoisotopic (exact) mass is 338 g/mol. The number of rotatable bonds is 3. The maximum Gasteiger partial charge on any atom is 0.391 e. The summed E-state index contributed by atoms with van der Waals surface area (Å²) in [5, 5.41) is 4.02.